The van der Waals surface area contributed by atoms with Crippen LogP contribution >= 0.6 is 24.0 Å². The molecule has 1 N–H and O–H groups in total. The van der Waals surface area contributed by atoms with Crippen molar-refractivity contribution in [2.75, 3.05) is 58.9 Å². The molecule has 6 heteroatoms. The Kier molecular flexibility index (Phi) is 11.3. The highest BCUT2D eigenvalue weighted by atomic mass is 127. The summed E-state index contributed by atoms with van der Waals surface area (Å²) >= 11 is 0. The average molecular weight is 492 g/mol. The molecular formula is C21H42IN5. The van der Waals surface area contributed by atoms with Crippen LogP contribution in [-0.4, -0.2) is 85.6 Å². The molecule has 3 heterocycles. The van der Waals surface area contributed by atoms with E-state index < -0.39 is 0 Å². The quantitative estimate of drug-likeness (QED) is 0.244. The second-order valence-electron chi connectivity index (χ2n) is 8.33. The van der Waals surface area contributed by atoms with E-state index in [1.807, 2.05) is 0 Å². The molecule has 0 spiro atoms. The molecule has 1 atom stereocenters. The van der Waals surface area contributed by atoms with Gasteiger partial charge < -0.3 is 15.1 Å². The van der Waals surface area contributed by atoms with Crippen LogP contribution in [0.5, 0.6) is 0 Å². The Hall–Kier alpha value is -0.0800. The number of likely N-dealkylation sites (tertiary alicyclic amines) is 3. The van der Waals surface area contributed by atoms with Crippen molar-refractivity contribution >= 4 is 29.9 Å². The molecule has 3 rings (SSSR count). The lowest BCUT2D eigenvalue weighted by Crippen LogP contribution is -2.42. The van der Waals surface area contributed by atoms with Crippen molar-refractivity contribution in [2.24, 2.45) is 4.99 Å². The predicted molar refractivity (Wildman–Crippen MR) is 126 cm³/mol. The van der Waals surface area contributed by atoms with Crippen molar-refractivity contribution in [1.82, 2.24) is 20.0 Å². The van der Waals surface area contributed by atoms with E-state index >= 15 is 0 Å². The normalized spacial score (nSPS) is 25.0. The highest BCUT2D eigenvalue weighted by Crippen LogP contribution is 2.20. The molecule has 0 aliphatic carbocycles. The van der Waals surface area contributed by atoms with Crippen molar-refractivity contribution in [3.8, 4) is 0 Å². The maximum atomic E-state index is 4.94. The van der Waals surface area contributed by atoms with Gasteiger partial charge in [0.1, 0.15) is 0 Å². The SMILES string of the molecule is CCNC(=NCCCCCN1CCCCC1)N1CCC(N2CCCC2)C1.I. The maximum Gasteiger partial charge on any atom is 0.193 e. The molecule has 0 aromatic carbocycles. The lowest BCUT2D eigenvalue weighted by molar-refractivity contribution is 0.224. The fraction of sp³-hybridized carbons (Fsp3) is 0.952. The van der Waals surface area contributed by atoms with Gasteiger partial charge in [0.15, 0.2) is 5.96 Å². The predicted octanol–water partition coefficient (Wildman–Crippen LogP) is 3.40. The van der Waals surface area contributed by atoms with Crippen LogP contribution in [-0.2, 0) is 0 Å². The van der Waals surface area contributed by atoms with E-state index in [4.69, 9.17) is 4.99 Å². The number of aliphatic imine (C=N–C) groups is 1. The van der Waals surface area contributed by atoms with E-state index in [0.29, 0.717) is 0 Å². The number of hydrogen-bond donors (Lipinski definition) is 1. The zero-order valence-corrected chi connectivity index (χ0v) is 19.8. The largest absolute Gasteiger partial charge is 0.357 e. The second-order valence-corrected chi connectivity index (χ2v) is 8.33. The van der Waals surface area contributed by atoms with E-state index in [-0.39, 0.29) is 24.0 Å². The van der Waals surface area contributed by atoms with E-state index in [9.17, 15) is 0 Å². The number of halogens is 1. The fourth-order valence-electron chi connectivity index (χ4n) is 4.76. The number of guanidine groups is 1. The van der Waals surface area contributed by atoms with Crippen LogP contribution in [0.2, 0.25) is 0 Å². The van der Waals surface area contributed by atoms with Crippen LogP contribution in [0.15, 0.2) is 4.99 Å². The molecule has 3 saturated heterocycles. The summed E-state index contributed by atoms with van der Waals surface area (Å²) in [5.74, 6) is 1.16. The number of unbranched alkanes of at least 4 members (excludes halogenated alkanes) is 2. The minimum Gasteiger partial charge on any atom is -0.357 e. The Morgan fingerprint density at radius 3 is 2.41 bits per heavy atom. The van der Waals surface area contributed by atoms with Gasteiger partial charge in [0.2, 0.25) is 0 Å². The highest BCUT2D eigenvalue weighted by molar-refractivity contribution is 14.0. The maximum absolute atomic E-state index is 4.94. The van der Waals surface area contributed by atoms with Crippen LogP contribution in [0.1, 0.15) is 64.7 Å². The Morgan fingerprint density at radius 1 is 0.926 bits per heavy atom. The first-order chi connectivity index (χ1) is 12.9. The second kappa shape index (κ2) is 13.2. The Morgan fingerprint density at radius 2 is 1.67 bits per heavy atom. The molecule has 1 unspecified atom stereocenters. The van der Waals surface area contributed by atoms with Gasteiger partial charge in [-0.15, -0.1) is 24.0 Å². The summed E-state index contributed by atoms with van der Waals surface area (Å²) in [5, 5.41) is 3.53. The molecule has 0 aromatic rings. The van der Waals surface area contributed by atoms with Gasteiger partial charge >= 0.3 is 0 Å². The molecule has 27 heavy (non-hydrogen) atoms. The van der Waals surface area contributed by atoms with Crippen LogP contribution < -0.4 is 5.32 Å². The summed E-state index contributed by atoms with van der Waals surface area (Å²) < 4.78 is 0. The van der Waals surface area contributed by atoms with E-state index in [1.165, 1.54) is 104 Å². The number of rotatable bonds is 8. The standard InChI is InChI=1S/C21H41N5.HI/c1-2-22-21(26-18-11-20(19-26)25-16-9-10-17-25)23-12-5-3-6-13-24-14-7-4-8-15-24;/h20H,2-19H2,1H3,(H,22,23);1H. The van der Waals surface area contributed by atoms with E-state index in [1.54, 1.807) is 0 Å². The van der Waals surface area contributed by atoms with Gasteiger partial charge in [-0.3, -0.25) is 9.89 Å². The minimum absolute atomic E-state index is 0. The first-order valence-electron chi connectivity index (χ1n) is 11.4. The molecule has 0 radical (unpaired) electrons. The van der Waals surface area contributed by atoms with Crippen LogP contribution in [0.4, 0.5) is 0 Å². The van der Waals surface area contributed by atoms with E-state index in [2.05, 4.69) is 26.9 Å². The number of piperidine rings is 1. The third kappa shape index (κ3) is 7.69. The number of nitrogens with one attached hydrogen (secondary N) is 1. The summed E-state index contributed by atoms with van der Waals surface area (Å²) in [4.78, 5) is 12.8. The summed E-state index contributed by atoms with van der Waals surface area (Å²) in [6.07, 6.45) is 12.2. The lowest BCUT2D eigenvalue weighted by Gasteiger charge is -2.26. The van der Waals surface area contributed by atoms with Gasteiger partial charge in [-0.2, -0.15) is 0 Å². The highest BCUT2D eigenvalue weighted by Gasteiger charge is 2.30. The fourth-order valence-corrected chi connectivity index (χ4v) is 4.76. The molecule has 3 aliphatic rings. The van der Waals surface area contributed by atoms with Gasteiger partial charge in [0, 0.05) is 32.2 Å². The molecule has 0 aromatic heterocycles. The number of hydrogen-bond acceptors (Lipinski definition) is 3. The monoisotopic (exact) mass is 491 g/mol. The van der Waals surface area contributed by atoms with Crippen molar-refractivity contribution in [1.29, 1.82) is 0 Å². The smallest absolute Gasteiger partial charge is 0.193 e. The molecule has 158 valence electrons. The minimum atomic E-state index is 0. The summed E-state index contributed by atoms with van der Waals surface area (Å²) in [6, 6.07) is 0.755. The lowest BCUT2D eigenvalue weighted by atomic mass is 10.1. The van der Waals surface area contributed by atoms with Gasteiger partial charge in [-0.05, 0) is 84.6 Å². The summed E-state index contributed by atoms with van der Waals surface area (Å²) in [7, 11) is 0. The third-order valence-corrected chi connectivity index (χ3v) is 6.30. The van der Waals surface area contributed by atoms with Crippen LogP contribution in [0.25, 0.3) is 0 Å². The zero-order chi connectivity index (χ0) is 18.0. The first-order valence-corrected chi connectivity index (χ1v) is 11.4. The van der Waals surface area contributed by atoms with Gasteiger partial charge in [0.25, 0.3) is 0 Å². The summed E-state index contributed by atoms with van der Waals surface area (Å²) in [5.41, 5.74) is 0. The molecule has 3 fully saturated rings. The van der Waals surface area contributed by atoms with Crippen LogP contribution in [0, 0.1) is 0 Å². The Bertz CT molecular complexity index is 419. The van der Waals surface area contributed by atoms with Crippen LogP contribution in [0.3, 0.4) is 0 Å². The first kappa shape index (κ1) is 23.2. The number of nitrogens with zero attached hydrogens (tertiary/aromatic N) is 4. The molecule has 0 bridgehead atoms. The van der Waals surface area contributed by atoms with E-state index in [0.717, 1.165) is 25.1 Å². The van der Waals surface area contributed by atoms with Gasteiger partial charge in [-0.1, -0.05) is 12.8 Å². The van der Waals surface area contributed by atoms with Crippen molar-refractivity contribution in [2.45, 2.75) is 70.8 Å². The molecule has 3 aliphatic heterocycles. The molecule has 0 amide bonds. The molecular weight excluding hydrogens is 449 g/mol. The Labute approximate surface area is 184 Å². The zero-order valence-electron chi connectivity index (χ0n) is 17.5. The average Bonchev–Trinajstić information content (AvgIpc) is 3.36. The van der Waals surface area contributed by atoms with Gasteiger partial charge in [-0.25, -0.2) is 0 Å². The molecule has 5 nitrogen and oxygen atoms in total. The van der Waals surface area contributed by atoms with Crippen molar-refractivity contribution < 1.29 is 0 Å². The Balaban J connectivity index is 0.00000261. The molecule has 0 saturated carbocycles. The third-order valence-electron chi connectivity index (χ3n) is 6.30. The summed E-state index contributed by atoms with van der Waals surface area (Å²) in [6.45, 7) is 13.0. The topological polar surface area (TPSA) is 34.1 Å². The van der Waals surface area contributed by atoms with Crippen molar-refractivity contribution in [3.05, 3.63) is 0 Å². The van der Waals surface area contributed by atoms with Crippen molar-refractivity contribution in [3.63, 3.8) is 0 Å². The van der Waals surface area contributed by atoms with Gasteiger partial charge in [0.05, 0.1) is 0 Å².